The average Bonchev–Trinajstić information content (AvgIpc) is 2.46. The van der Waals surface area contributed by atoms with Gasteiger partial charge in [0, 0.05) is 17.3 Å². The summed E-state index contributed by atoms with van der Waals surface area (Å²) in [5.74, 6) is 1.54. The van der Waals surface area contributed by atoms with Crippen molar-refractivity contribution in [3.8, 4) is 22.8 Å². The van der Waals surface area contributed by atoms with E-state index < -0.39 is 0 Å². The van der Waals surface area contributed by atoms with Gasteiger partial charge in [0.05, 0.1) is 19.9 Å². The van der Waals surface area contributed by atoms with E-state index in [0.29, 0.717) is 0 Å². The Morgan fingerprint density at radius 3 is 2.40 bits per heavy atom. The molecule has 1 unspecified atom stereocenters. The second-order valence-corrected chi connectivity index (χ2v) is 4.73. The molecule has 0 aliphatic carbocycles. The summed E-state index contributed by atoms with van der Waals surface area (Å²) in [6.45, 7) is 3.92. The number of ether oxygens (including phenoxy) is 2. The van der Waals surface area contributed by atoms with E-state index in [-0.39, 0.29) is 6.04 Å². The van der Waals surface area contributed by atoms with Gasteiger partial charge >= 0.3 is 0 Å². The summed E-state index contributed by atoms with van der Waals surface area (Å²) < 4.78 is 10.7. The summed E-state index contributed by atoms with van der Waals surface area (Å²) in [5, 5.41) is 0. The molecule has 1 aromatic carbocycles. The van der Waals surface area contributed by atoms with Gasteiger partial charge in [0.15, 0.2) is 0 Å². The molecule has 4 nitrogen and oxygen atoms in total. The monoisotopic (exact) mass is 272 g/mol. The second kappa shape index (κ2) is 5.92. The Balaban J connectivity index is 2.53. The Labute approximate surface area is 119 Å². The zero-order chi connectivity index (χ0) is 14.7. The van der Waals surface area contributed by atoms with E-state index in [1.807, 2.05) is 44.2 Å². The normalized spacial score (nSPS) is 12.1. The van der Waals surface area contributed by atoms with Gasteiger partial charge in [-0.3, -0.25) is 4.98 Å². The minimum atomic E-state index is -0.0243. The van der Waals surface area contributed by atoms with Gasteiger partial charge in [0.1, 0.15) is 11.5 Å². The third kappa shape index (κ3) is 2.75. The maximum atomic E-state index is 5.92. The lowest BCUT2D eigenvalue weighted by Gasteiger charge is -2.13. The van der Waals surface area contributed by atoms with Crippen molar-refractivity contribution in [2.45, 2.75) is 19.9 Å². The molecule has 0 amide bonds. The zero-order valence-electron chi connectivity index (χ0n) is 12.3. The van der Waals surface area contributed by atoms with E-state index in [9.17, 15) is 0 Å². The van der Waals surface area contributed by atoms with Crippen LogP contribution in [0, 0.1) is 6.92 Å². The smallest absolute Gasteiger partial charge is 0.128 e. The van der Waals surface area contributed by atoms with Crippen LogP contribution in [-0.2, 0) is 0 Å². The lowest BCUT2D eigenvalue weighted by atomic mass is 10.0. The first kappa shape index (κ1) is 14.3. The number of pyridine rings is 1. The molecule has 0 bridgehead atoms. The molecule has 2 N–H and O–H groups in total. The fourth-order valence-corrected chi connectivity index (χ4v) is 2.22. The molecule has 0 fully saturated rings. The molecule has 2 rings (SSSR count). The highest BCUT2D eigenvalue weighted by Gasteiger charge is 2.12. The number of nitrogens with two attached hydrogens (primary N) is 1. The summed E-state index contributed by atoms with van der Waals surface area (Å²) in [4.78, 5) is 4.63. The minimum Gasteiger partial charge on any atom is -0.497 e. The van der Waals surface area contributed by atoms with Crippen LogP contribution in [0.2, 0.25) is 0 Å². The minimum absolute atomic E-state index is 0.0243. The molecule has 0 aliphatic rings. The maximum absolute atomic E-state index is 5.92. The van der Waals surface area contributed by atoms with Crippen LogP contribution in [0.1, 0.15) is 24.2 Å². The van der Waals surface area contributed by atoms with E-state index in [1.165, 1.54) is 0 Å². The summed E-state index contributed by atoms with van der Waals surface area (Å²) in [6, 6.07) is 9.62. The van der Waals surface area contributed by atoms with Gasteiger partial charge in [0.2, 0.25) is 0 Å². The molecular formula is C16H20N2O2. The number of benzene rings is 1. The fourth-order valence-electron chi connectivity index (χ4n) is 2.22. The van der Waals surface area contributed by atoms with Crippen LogP contribution in [0.4, 0.5) is 0 Å². The molecule has 2 aromatic rings. The van der Waals surface area contributed by atoms with E-state index in [1.54, 1.807) is 14.2 Å². The van der Waals surface area contributed by atoms with Gasteiger partial charge in [-0.15, -0.1) is 0 Å². The number of aromatic nitrogens is 1. The van der Waals surface area contributed by atoms with Crippen molar-refractivity contribution < 1.29 is 9.47 Å². The van der Waals surface area contributed by atoms with Gasteiger partial charge in [-0.25, -0.2) is 0 Å². The highest BCUT2D eigenvalue weighted by atomic mass is 16.5. The van der Waals surface area contributed by atoms with Crippen LogP contribution in [0.25, 0.3) is 11.3 Å². The Kier molecular flexibility index (Phi) is 4.25. The molecule has 1 atom stereocenters. The third-order valence-electron chi connectivity index (χ3n) is 3.30. The largest absolute Gasteiger partial charge is 0.497 e. The summed E-state index contributed by atoms with van der Waals surface area (Å²) >= 11 is 0. The second-order valence-electron chi connectivity index (χ2n) is 4.73. The van der Waals surface area contributed by atoms with Gasteiger partial charge in [-0.05, 0) is 43.7 Å². The molecule has 4 heteroatoms. The molecule has 0 radical (unpaired) electrons. The van der Waals surface area contributed by atoms with E-state index in [0.717, 1.165) is 34.0 Å². The maximum Gasteiger partial charge on any atom is 0.128 e. The van der Waals surface area contributed by atoms with Crippen molar-refractivity contribution in [3.63, 3.8) is 0 Å². The molecule has 0 saturated heterocycles. The molecule has 20 heavy (non-hydrogen) atoms. The van der Waals surface area contributed by atoms with Crippen LogP contribution in [-0.4, -0.2) is 19.2 Å². The van der Waals surface area contributed by atoms with Crippen molar-refractivity contribution in [2.24, 2.45) is 5.73 Å². The Morgan fingerprint density at radius 2 is 1.85 bits per heavy atom. The van der Waals surface area contributed by atoms with Crippen molar-refractivity contribution >= 4 is 0 Å². The Bertz CT molecular complexity index is 609. The highest BCUT2D eigenvalue weighted by Crippen LogP contribution is 2.33. The standard InChI is InChI=1S/C16H20N2O2/c1-10(17)13-6-7-15(18-11(13)2)14-9-12(19-3)5-8-16(14)20-4/h5-10H,17H2,1-4H3. The van der Waals surface area contributed by atoms with Crippen molar-refractivity contribution in [1.29, 1.82) is 0 Å². The lowest BCUT2D eigenvalue weighted by molar-refractivity contribution is 0.404. The van der Waals surface area contributed by atoms with Crippen LogP contribution >= 0.6 is 0 Å². The summed E-state index contributed by atoms with van der Waals surface area (Å²) in [5.41, 5.74) is 9.66. The van der Waals surface area contributed by atoms with Crippen molar-refractivity contribution in [1.82, 2.24) is 4.98 Å². The zero-order valence-corrected chi connectivity index (χ0v) is 12.3. The molecular weight excluding hydrogens is 252 g/mol. The Hall–Kier alpha value is -2.07. The van der Waals surface area contributed by atoms with Gasteiger partial charge in [-0.1, -0.05) is 6.07 Å². The molecule has 1 heterocycles. The van der Waals surface area contributed by atoms with Gasteiger partial charge < -0.3 is 15.2 Å². The van der Waals surface area contributed by atoms with Gasteiger partial charge in [-0.2, -0.15) is 0 Å². The fraction of sp³-hybridized carbons (Fsp3) is 0.312. The quantitative estimate of drug-likeness (QED) is 0.929. The summed E-state index contributed by atoms with van der Waals surface area (Å²) in [7, 11) is 3.29. The number of methoxy groups -OCH3 is 2. The number of hydrogen-bond donors (Lipinski definition) is 1. The van der Waals surface area contributed by atoms with E-state index >= 15 is 0 Å². The van der Waals surface area contributed by atoms with Crippen molar-refractivity contribution in [2.75, 3.05) is 14.2 Å². The Morgan fingerprint density at radius 1 is 1.10 bits per heavy atom. The molecule has 0 aliphatic heterocycles. The van der Waals surface area contributed by atoms with Crippen molar-refractivity contribution in [3.05, 3.63) is 41.6 Å². The van der Waals surface area contributed by atoms with Crippen LogP contribution < -0.4 is 15.2 Å². The number of aryl methyl sites for hydroxylation is 1. The molecule has 0 saturated carbocycles. The van der Waals surface area contributed by atoms with E-state index in [2.05, 4.69) is 4.98 Å². The van der Waals surface area contributed by atoms with Crippen LogP contribution in [0.5, 0.6) is 11.5 Å². The first-order valence-electron chi connectivity index (χ1n) is 6.52. The van der Waals surface area contributed by atoms with Crippen LogP contribution in [0.3, 0.4) is 0 Å². The van der Waals surface area contributed by atoms with E-state index in [4.69, 9.17) is 15.2 Å². The first-order valence-corrected chi connectivity index (χ1v) is 6.52. The predicted octanol–water partition coefficient (Wildman–Crippen LogP) is 3.09. The average molecular weight is 272 g/mol. The summed E-state index contributed by atoms with van der Waals surface area (Å²) in [6.07, 6.45) is 0. The number of nitrogens with zero attached hydrogens (tertiary/aromatic N) is 1. The first-order chi connectivity index (χ1) is 9.56. The number of hydrogen-bond acceptors (Lipinski definition) is 4. The highest BCUT2D eigenvalue weighted by molar-refractivity contribution is 5.69. The molecule has 0 spiro atoms. The van der Waals surface area contributed by atoms with Gasteiger partial charge in [0.25, 0.3) is 0 Å². The SMILES string of the molecule is COc1ccc(OC)c(-c2ccc(C(C)N)c(C)n2)c1. The third-order valence-corrected chi connectivity index (χ3v) is 3.30. The molecule has 1 aromatic heterocycles. The topological polar surface area (TPSA) is 57.4 Å². The molecule has 106 valence electrons. The predicted molar refractivity (Wildman–Crippen MR) is 80.1 cm³/mol. The van der Waals surface area contributed by atoms with Crippen LogP contribution in [0.15, 0.2) is 30.3 Å². The number of rotatable bonds is 4. The lowest BCUT2D eigenvalue weighted by Crippen LogP contribution is -2.08.